The fourth-order valence-electron chi connectivity index (χ4n) is 4.62. The molecule has 0 heterocycles. The highest BCUT2D eigenvalue weighted by atomic mass is 19.1. The summed E-state index contributed by atoms with van der Waals surface area (Å²) in [6.07, 6.45) is 5.05. The van der Waals surface area contributed by atoms with E-state index in [1.807, 2.05) is 12.1 Å². The Morgan fingerprint density at radius 2 is 1.61 bits per heavy atom. The summed E-state index contributed by atoms with van der Waals surface area (Å²) in [5.74, 6) is -0.187. The highest BCUT2D eigenvalue weighted by Gasteiger charge is 2.39. The largest absolute Gasteiger partial charge is 0.389 e. The lowest BCUT2D eigenvalue weighted by Crippen LogP contribution is -2.43. The zero-order valence-electron chi connectivity index (χ0n) is 16.2. The molecule has 0 aliphatic heterocycles. The van der Waals surface area contributed by atoms with Crippen LogP contribution in [-0.4, -0.2) is 17.3 Å². The molecule has 4 rings (SSSR count). The van der Waals surface area contributed by atoms with Gasteiger partial charge in [0.15, 0.2) is 0 Å². The topological polar surface area (TPSA) is 32.3 Å². The van der Waals surface area contributed by atoms with Gasteiger partial charge in [0.05, 0.1) is 5.60 Å². The molecule has 146 valence electrons. The molecule has 0 saturated heterocycles. The summed E-state index contributed by atoms with van der Waals surface area (Å²) in [5, 5.41) is 17.5. The molecule has 1 unspecified atom stereocenters. The van der Waals surface area contributed by atoms with Crippen molar-refractivity contribution in [1.82, 2.24) is 5.32 Å². The highest BCUT2D eigenvalue weighted by molar-refractivity contribution is 5.86. The molecule has 1 atom stereocenters. The average molecular weight is 378 g/mol. The number of rotatable bonds is 6. The number of fused-ring (bicyclic) bond motifs is 1. The predicted octanol–water partition coefficient (Wildman–Crippen LogP) is 5.55. The van der Waals surface area contributed by atoms with Gasteiger partial charge in [0.25, 0.3) is 0 Å². The minimum absolute atomic E-state index is 0.0272. The molecular formula is C25H28FNO. The van der Waals surface area contributed by atoms with Crippen molar-refractivity contribution in [2.24, 2.45) is 0 Å². The van der Waals surface area contributed by atoms with Gasteiger partial charge < -0.3 is 10.4 Å². The second-order valence-corrected chi connectivity index (χ2v) is 8.04. The van der Waals surface area contributed by atoms with Crippen LogP contribution in [0.4, 0.5) is 4.39 Å². The Morgan fingerprint density at radius 3 is 2.39 bits per heavy atom. The summed E-state index contributed by atoms with van der Waals surface area (Å²) in [6.45, 7) is 1.36. The summed E-state index contributed by atoms with van der Waals surface area (Å²) in [4.78, 5) is 0. The van der Waals surface area contributed by atoms with E-state index in [2.05, 4.69) is 47.8 Å². The zero-order valence-corrected chi connectivity index (χ0v) is 16.2. The molecule has 1 aliphatic carbocycles. The molecule has 1 fully saturated rings. The molecule has 0 amide bonds. The maximum absolute atomic E-state index is 13.1. The smallest absolute Gasteiger partial charge is 0.123 e. The first-order chi connectivity index (χ1) is 13.7. The second-order valence-electron chi connectivity index (χ2n) is 8.04. The standard InChI is InChI=1S/C25H28FNO/c26-21-13-11-19(12-14-21)17-27-18-24(25(28)15-4-1-5-16-25)23-10-6-8-20-7-2-3-9-22(20)23/h2-3,6-14,24,27-28H,1,4-5,15-18H2. The Balaban J connectivity index is 1.61. The van der Waals surface area contributed by atoms with Crippen LogP contribution >= 0.6 is 0 Å². The van der Waals surface area contributed by atoms with Gasteiger partial charge in [-0.25, -0.2) is 4.39 Å². The lowest BCUT2D eigenvalue weighted by atomic mass is 9.72. The monoisotopic (exact) mass is 377 g/mol. The van der Waals surface area contributed by atoms with Crippen molar-refractivity contribution in [3.05, 3.63) is 83.7 Å². The molecule has 0 radical (unpaired) electrons. The van der Waals surface area contributed by atoms with E-state index in [9.17, 15) is 9.50 Å². The number of hydrogen-bond acceptors (Lipinski definition) is 2. The first-order valence-corrected chi connectivity index (χ1v) is 10.3. The predicted molar refractivity (Wildman–Crippen MR) is 113 cm³/mol. The summed E-state index contributed by atoms with van der Waals surface area (Å²) >= 11 is 0. The number of hydrogen-bond donors (Lipinski definition) is 2. The first kappa shape index (κ1) is 19.1. The zero-order chi connectivity index (χ0) is 19.4. The first-order valence-electron chi connectivity index (χ1n) is 10.3. The van der Waals surface area contributed by atoms with Crippen LogP contribution in [0.25, 0.3) is 10.8 Å². The van der Waals surface area contributed by atoms with Crippen LogP contribution in [0.2, 0.25) is 0 Å². The van der Waals surface area contributed by atoms with E-state index in [1.54, 1.807) is 0 Å². The number of halogens is 1. The lowest BCUT2D eigenvalue weighted by molar-refractivity contribution is -0.0212. The molecule has 3 aromatic carbocycles. The maximum Gasteiger partial charge on any atom is 0.123 e. The van der Waals surface area contributed by atoms with Crippen LogP contribution in [-0.2, 0) is 6.54 Å². The normalized spacial score (nSPS) is 17.5. The van der Waals surface area contributed by atoms with Crippen LogP contribution in [0.15, 0.2) is 66.7 Å². The summed E-state index contributed by atoms with van der Waals surface area (Å²) < 4.78 is 13.1. The van der Waals surface area contributed by atoms with Gasteiger partial charge in [-0.3, -0.25) is 0 Å². The van der Waals surface area contributed by atoms with Crippen LogP contribution in [0.1, 0.15) is 49.1 Å². The third kappa shape index (κ3) is 4.11. The van der Waals surface area contributed by atoms with Crippen molar-refractivity contribution in [1.29, 1.82) is 0 Å². The molecule has 3 heteroatoms. The quantitative estimate of drug-likeness (QED) is 0.590. The van der Waals surface area contributed by atoms with E-state index in [1.165, 1.54) is 34.9 Å². The van der Waals surface area contributed by atoms with Crippen molar-refractivity contribution >= 4 is 10.8 Å². The van der Waals surface area contributed by atoms with Gasteiger partial charge in [-0.2, -0.15) is 0 Å². The van der Waals surface area contributed by atoms with Crippen molar-refractivity contribution < 1.29 is 9.50 Å². The molecular weight excluding hydrogens is 349 g/mol. The molecule has 1 saturated carbocycles. The Bertz CT molecular complexity index is 910. The second kappa shape index (κ2) is 8.42. The Hall–Kier alpha value is -2.23. The fraction of sp³-hybridized carbons (Fsp3) is 0.360. The summed E-state index contributed by atoms with van der Waals surface area (Å²) in [7, 11) is 0. The van der Waals surface area contributed by atoms with Crippen molar-refractivity contribution in [3.63, 3.8) is 0 Å². The van der Waals surface area contributed by atoms with Crippen molar-refractivity contribution in [2.75, 3.05) is 6.54 Å². The van der Waals surface area contributed by atoms with Gasteiger partial charge in [-0.1, -0.05) is 73.9 Å². The van der Waals surface area contributed by atoms with Crippen molar-refractivity contribution in [3.8, 4) is 0 Å². The Labute approximate surface area is 166 Å². The Kier molecular flexibility index (Phi) is 5.74. The van der Waals surface area contributed by atoms with E-state index >= 15 is 0 Å². The van der Waals surface area contributed by atoms with E-state index in [-0.39, 0.29) is 11.7 Å². The maximum atomic E-state index is 13.1. The molecule has 1 aliphatic rings. The van der Waals surface area contributed by atoms with Crippen LogP contribution in [0.5, 0.6) is 0 Å². The third-order valence-corrected chi connectivity index (χ3v) is 6.16. The lowest BCUT2D eigenvalue weighted by Gasteiger charge is -2.40. The number of benzene rings is 3. The van der Waals surface area contributed by atoms with E-state index < -0.39 is 5.60 Å². The van der Waals surface area contributed by atoms with Gasteiger partial charge in [-0.15, -0.1) is 0 Å². The minimum atomic E-state index is -0.682. The van der Waals surface area contributed by atoms with Crippen molar-refractivity contribution in [2.45, 2.75) is 50.2 Å². The average Bonchev–Trinajstić information content (AvgIpc) is 2.73. The van der Waals surface area contributed by atoms with Gasteiger partial charge in [0, 0.05) is 19.0 Å². The van der Waals surface area contributed by atoms with Gasteiger partial charge >= 0.3 is 0 Å². The van der Waals surface area contributed by atoms with Crippen LogP contribution < -0.4 is 5.32 Å². The fourth-order valence-corrected chi connectivity index (χ4v) is 4.62. The Morgan fingerprint density at radius 1 is 0.893 bits per heavy atom. The van der Waals surface area contributed by atoms with Crippen LogP contribution in [0.3, 0.4) is 0 Å². The minimum Gasteiger partial charge on any atom is -0.389 e. The number of aliphatic hydroxyl groups is 1. The van der Waals surface area contributed by atoms with Crippen LogP contribution in [0, 0.1) is 5.82 Å². The highest BCUT2D eigenvalue weighted by Crippen LogP contribution is 2.41. The molecule has 0 bridgehead atoms. The molecule has 0 aromatic heterocycles. The van der Waals surface area contributed by atoms with E-state index in [0.29, 0.717) is 13.1 Å². The molecule has 2 nitrogen and oxygen atoms in total. The molecule has 28 heavy (non-hydrogen) atoms. The van der Waals surface area contributed by atoms with E-state index in [4.69, 9.17) is 0 Å². The van der Waals surface area contributed by atoms with E-state index in [0.717, 1.165) is 31.2 Å². The summed E-state index contributed by atoms with van der Waals surface area (Å²) in [5.41, 5.74) is 1.58. The summed E-state index contributed by atoms with van der Waals surface area (Å²) in [6, 6.07) is 21.4. The van der Waals surface area contributed by atoms with Gasteiger partial charge in [0.1, 0.15) is 5.82 Å². The SMILES string of the molecule is OC1(C(CNCc2ccc(F)cc2)c2cccc3ccccc23)CCCCC1. The van der Waals surface area contributed by atoms with Gasteiger partial charge in [0.2, 0.25) is 0 Å². The van der Waals surface area contributed by atoms with Gasteiger partial charge in [-0.05, 0) is 46.9 Å². The molecule has 2 N–H and O–H groups in total. The molecule has 3 aromatic rings. The number of nitrogens with one attached hydrogen (secondary N) is 1. The third-order valence-electron chi connectivity index (χ3n) is 6.16. The molecule has 0 spiro atoms.